The number of ether oxygens (including phenoxy) is 1. The highest BCUT2D eigenvalue weighted by Gasteiger charge is 2.07. The minimum Gasteiger partial charge on any atom is -0.489 e. The Morgan fingerprint density at radius 2 is 1.87 bits per heavy atom. The number of nitrogens with zero attached hydrogens (tertiary/aromatic N) is 2. The zero-order chi connectivity index (χ0) is 21.5. The molecule has 3 aromatic carbocycles. The standard InChI is InChI=1S/C23H18ClN3O2S2/c24-19-6-2-1-5-17(19)14-29-18-11-9-16(10-12-18)13-25-27-22(28)15-30-23-26-20-7-3-4-8-21(20)31-23/h1-13H,14-15H2,(H,27,28)/b25-13+. The quantitative estimate of drug-likeness (QED) is 0.203. The first-order valence-corrected chi connectivity index (χ1v) is 11.6. The number of thiazole rings is 1. The van der Waals surface area contributed by atoms with E-state index in [9.17, 15) is 4.79 Å². The van der Waals surface area contributed by atoms with Crippen LogP contribution >= 0.6 is 34.7 Å². The summed E-state index contributed by atoms with van der Waals surface area (Å²) in [5.41, 5.74) is 5.28. The molecule has 156 valence electrons. The number of fused-ring (bicyclic) bond motifs is 1. The average molecular weight is 468 g/mol. The van der Waals surface area contributed by atoms with Gasteiger partial charge in [-0.25, -0.2) is 10.4 Å². The fraction of sp³-hybridized carbons (Fsp3) is 0.0870. The molecule has 1 heterocycles. The lowest BCUT2D eigenvalue weighted by molar-refractivity contribution is -0.118. The topological polar surface area (TPSA) is 63.6 Å². The third kappa shape index (κ3) is 6.07. The minimum absolute atomic E-state index is 0.180. The van der Waals surface area contributed by atoms with Crippen molar-refractivity contribution in [2.75, 3.05) is 5.75 Å². The van der Waals surface area contributed by atoms with Crippen molar-refractivity contribution in [1.29, 1.82) is 0 Å². The molecule has 0 spiro atoms. The maximum absolute atomic E-state index is 12.0. The van der Waals surface area contributed by atoms with E-state index in [1.54, 1.807) is 17.6 Å². The molecule has 0 aliphatic heterocycles. The molecule has 0 unspecified atom stereocenters. The molecule has 1 aromatic heterocycles. The molecule has 0 saturated heterocycles. The van der Waals surface area contributed by atoms with Crippen molar-refractivity contribution in [3.8, 4) is 5.75 Å². The molecule has 5 nitrogen and oxygen atoms in total. The van der Waals surface area contributed by atoms with Gasteiger partial charge in [0.15, 0.2) is 4.34 Å². The number of rotatable bonds is 8. The normalized spacial score (nSPS) is 11.1. The maximum Gasteiger partial charge on any atom is 0.250 e. The number of para-hydroxylation sites is 1. The van der Waals surface area contributed by atoms with E-state index in [0.717, 1.165) is 31.4 Å². The fourth-order valence-electron chi connectivity index (χ4n) is 2.68. The van der Waals surface area contributed by atoms with Crippen LogP contribution < -0.4 is 10.2 Å². The number of carbonyl (C=O) groups excluding carboxylic acids is 1. The second kappa shape index (κ2) is 10.4. The number of carbonyl (C=O) groups is 1. The molecule has 4 aromatic rings. The van der Waals surface area contributed by atoms with Crippen LogP contribution in [0.15, 0.2) is 82.2 Å². The van der Waals surface area contributed by atoms with Gasteiger partial charge in [-0.2, -0.15) is 5.10 Å². The van der Waals surface area contributed by atoms with Gasteiger partial charge in [0, 0.05) is 10.6 Å². The first-order valence-electron chi connectivity index (χ1n) is 9.44. The van der Waals surface area contributed by atoms with Crippen molar-refractivity contribution >= 4 is 57.0 Å². The lowest BCUT2D eigenvalue weighted by Gasteiger charge is -2.07. The van der Waals surface area contributed by atoms with E-state index >= 15 is 0 Å². The zero-order valence-corrected chi connectivity index (χ0v) is 18.7. The summed E-state index contributed by atoms with van der Waals surface area (Å²) in [6, 6.07) is 22.9. The molecule has 0 fully saturated rings. The van der Waals surface area contributed by atoms with Gasteiger partial charge in [0.25, 0.3) is 5.91 Å². The van der Waals surface area contributed by atoms with Crippen LogP contribution in [0, 0.1) is 0 Å². The lowest BCUT2D eigenvalue weighted by Crippen LogP contribution is -2.19. The molecule has 0 aliphatic rings. The number of hydrogen-bond donors (Lipinski definition) is 1. The number of thioether (sulfide) groups is 1. The maximum atomic E-state index is 12.0. The van der Waals surface area contributed by atoms with Gasteiger partial charge >= 0.3 is 0 Å². The van der Waals surface area contributed by atoms with Gasteiger partial charge in [-0.15, -0.1) is 11.3 Å². The minimum atomic E-state index is -0.180. The Balaban J connectivity index is 1.22. The Bertz CT molecular complexity index is 1180. The van der Waals surface area contributed by atoms with Crippen LogP contribution in [0.3, 0.4) is 0 Å². The van der Waals surface area contributed by atoms with Gasteiger partial charge in [-0.3, -0.25) is 4.79 Å². The van der Waals surface area contributed by atoms with E-state index in [0.29, 0.717) is 11.6 Å². The summed E-state index contributed by atoms with van der Waals surface area (Å²) in [6.45, 7) is 0.398. The second-order valence-corrected chi connectivity index (χ2v) is 9.14. The summed E-state index contributed by atoms with van der Waals surface area (Å²) < 4.78 is 7.74. The number of aromatic nitrogens is 1. The van der Waals surface area contributed by atoms with E-state index in [-0.39, 0.29) is 11.7 Å². The zero-order valence-electron chi connectivity index (χ0n) is 16.3. The van der Waals surface area contributed by atoms with Crippen LogP contribution in [0.2, 0.25) is 5.02 Å². The molecular weight excluding hydrogens is 450 g/mol. The summed E-state index contributed by atoms with van der Waals surface area (Å²) in [6.07, 6.45) is 1.60. The Morgan fingerprint density at radius 3 is 2.68 bits per heavy atom. The molecule has 0 atom stereocenters. The summed E-state index contributed by atoms with van der Waals surface area (Å²) >= 11 is 9.12. The van der Waals surface area contributed by atoms with Gasteiger partial charge in [0.05, 0.1) is 22.2 Å². The highest BCUT2D eigenvalue weighted by Crippen LogP contribution is 2.29. The average Bonchev–Trinajstić information content (AvgIpc) is 3.21. The van der Waals surface area contributed by atoms with Crippen LogP contribution in [0.1, 0.15) is 11.1 Å². The third-order valence-electron chi connectivity index (χ3n) is 4.24. The Labute approximate surface area is 193 Å². The molecular formula is C23H18ClN3O2S2. The molecule has 0 radical (unpaired) electrons. The molecule has 0 aliphatic carbocycles. The number of nitrogens with one attached hydrogen (secondary N) is 1. The van der Waals surface area contributed by atoms with Crippen LogP contribution in [0.4, 0.5) is 0 Å². The summed E-state index contributed by atoms with van der Waals surface area (Å²) in [5, 5.41) is 4.70. The first kappa shape index (κ1) is 21.4. The molecule has 1 amide bonds. The summed E-state index contributed by atoms with van der Waals surface area (Å²) in [5.74, 6) is 0.806. The molecule has 1 N–H and O–H groups in total. The Hall–Kier alpha value is -2.87. The SMILES string of the molecule is O=C(CSc1nc2ccccc2s1)N/N=C/c1ccc(OCc2ccccc2Cl)cc1. The fourth-order valence-corrected chi connectivity index (χ4v) is 4.73. The smallest absolute Gasteiger partial charge is 0.250 e. The second-order valence-electron chi connectivity index (χ2n) is 6.48. The first-order chi connectivity index (χ1) is 15.2. The predicted molar refractivity (Wildman–Crippen MR) is 128 cm³/mol. The molecule has 31 heavy (non-hydrogen) atoms. The van der Waals surface area contributed by atoms with Gasteiger partial charge in [-0.1, -0.05) is 53.7 Å². The lowest BCUT2D eigenvalue weighted by atomic mass is 10.2. The number of amides is 1. The van der Waals surface area contributed by atoms with E-state index in [1.807, 2.05) is 72.8 Å². The van der Waals surface area contributed by atoms with Crippen molar-refractivity contribution in [1.82, 2.24) is 10.4 Å². The van der Waals surface area contributed by atoms with Gasteiger partial charge in [0.1, 0.15) is 12.4 Å². The number of hydrogen-bond acceptors (Lipinski definition) is 6. The predicted octanol–water partition coefficient (Wildman–Crippen LogP) is 5.77. The van der Waals surface area contributed by atoms with Crippen molar-refractivity contribution in [2.24, 2.45) is 5.10 Å². The van der Waals surface area contributed by atoms with Crippen molar-refractivity contribution in [2.45, 2.75) is 10.9 Å². The monoisotopic (exact) mass is 467 g/mol. The van der Waals surface area contributed by atoms with Crippen LogP contribution in [-0.4, -0.2) is 22.9 Å². The Kier molecular flexibility index (Phi) is 7.19. The van der Waals surface area contributed by atoms with E-state index in [4.69, 9.17) is 16.3 Å². The largest absolute Gasteiger partial charge is 0.489 e. The number of hydrazone groups is 1. The highest BCUT2D eigenvalue weighted by molar-refractivity contribution is 8.01. The molecule has 0 bridgehead atoms. The van der Waals surface area contributed by atoms with E-state index in [2.05, 4.69) is 15.5 Å². The number of benzene rings is 3. The molecule has 8 heteroatoms. The van der Waals surface area contributed by atoms with Gasteiger partial charge < -0.3 is 4.74 Å². The Morgan fingerprint density at radius 1 is 1.10 bits per heavy atom. The van der Waals surface area contributed by atoms with Crippen molar-refractivity contribution in [3.05, 3.63) is 88.9 Å². The van der Waals surface area contributed by atoms with Gasteiger partial charge in [0.2, 0.25) is 0 Å². The summed E-state index contributed by atoms with van der Waals surface area (Å²) in [7, 11) is 0. The van der Waals surface area contributed by atoms with Crippen LogP contribution in [-0.2, 0) is 11.4 Å². The van der Waals surface area contributed by atoms with Crippen LogP contribution in [0.25, 0.3) is 10.2 Å². The summed E-state index contributed by atoms with van der Waals surface area (Å²) in [4.78, 5) is 16.5. The third-order valence-corrected chi connectivity index (χ3v) is 6.78. The van der Waals surface area contributed by atoms with E-state index in [1.165, 1.54) is 11.8 Å². The van der Waals surface area contributed by atoms with Crippen LogP contribution in [0.5, 0.6) is 5.75 Å². The van der Waals surface area contributed by atoms with Crippen molar-refractivity contribution < 1.29 is 9.53 Å². The molecule has 0 saturated carbocycles. The highest BCUT2D eigenvalue weighted by atomic mass is 35.5. The number of halogens is 1. The van der Waals surface area contributed by atoms with Gasteiger partial charge in [-0.05, 0) is 48.0 Å². The van der Waals surface area contributed by atoms with E-state index < -0.39 is 0 Å². The molecule has 4 rings (SSSR count). The van der Waals surface area contributed by atoms with Crippen molar-refractivity contribution in [3.63, 3.8) is 0 Å².